The lowest BCUT2D eigenvalue weighted by molar-refractivity contribution is -0.117. The van der Waals surface area contributed by atoms with Crippen molar-refractivity contribution in [1.29, 1.82) is 0 Å². The first kappa shape index (κ1) is 23.4. The molecule has 0 bridgehead atoms. The molecule has 8 heteroatoms. The summed E-state index contributed by atoms with van der Waals surface area (Å²) in [6.07, 6.45) is -0.647. The molecule has 0 radical (unpaired) electrons. The predicted octanol–water partition coefficient (Wildman–Crippen LogP) is 2.28. The van der Waals surface area contributed by atoms with E-state index in [2.05, 4.69) is 5.32 Å². The van der Waals surface area contributed by atoms with Gasteiger partial charge in [0.1, 0.15) is 12.1 Å². The molecule has 0 saturated carbocycles. The number of hydrogen-bond acceptors (Lipinski definition) is 6. The van der Waals surface area contributed by atoms with Gasteiger partial charge in [-0.05, 0) is 66.1 Å². The van der Waals surface area contributed by atoms with Crippen LogP contribution in [-0.2, 0) is 14.3 Å². The fourth-order valence-corrected chi connectivity index (χ4v) is 2.25. The van der Waals surface area contributed by atoms with Crippen molar-refractivity contribution >= 4 is 23.7 Å². The number of esters is 1. The van der Waals surface area contributed by atoms with Crippen molar-refractivity contribution < 1.29 is 23.9 Å². The minimum absolute atomic E-state index is 0.192. The fourth-order valence-electron chi connectivity index (χ4n) is 2.25. The Labute approximate surface area is 166 Å². The molecule has 2 amide bonds. The number of nitrogens with zero attached hydrogens (tertiary/aromatic N) is 2. The summed E-state index contributed by atoms with van der Waals surface area (Å²) in [6.45, 7) is 8.17. The largest absolute Gasteiger partial charge is 0.462 e. The molecule has 0 aromatic heterocycles. The number of carbonyl (C=O) groups excluding carboxylic acids is 3. The van der Waals surface area contributed by atoms with E-state index in [1.54, 1.807) is 56.9 Å². The fraction of sp³-hybridized carbons (Fsp3) is 0.550. The Morgan fingerprint density at radius 2 is 1.64 bits per heavy atom. The van der Waals surface area contributed by atoms with Crippen LogP contribution in [-0.4, -0.2) is 68.8 Å². The molecule has 0 aliphatic carbocycles. The lowest BCUT2D eigenvalue weighted by Gasteiger charge is -2.25. The maximum atomic E-state index is 12.7. The van der Waals surface area contributed by atoms with Crippen LogP contribution in [0.15, 0.2) is 24.3 Å². The van der Waals surface area contributed by atoms with Crippen LogP contribution in [0.5, 0.6) is 0 Å². The zero-order chi connectivity index (χ0) is 21.3. The number of hydrogen-bond donors (Lipinski definition) is 1. The molecule has 0 atom stereocenters. The van der Waals surface area contributed by atoms with E-state index in [1.165, 1.54) is 0 Å². The van der Waals surface area contributed by atoms with Gasteiger partial charge in [-0.15, -0.1) is 0 Å². The zero-order valence-electron chi connectivity index (χ0n) is 17.6. The maximum absolute atomic E-state index is 12.7. The van der Waals surface area contributed by atoms with Crippen molar-refractivity contribution in [2.45, 2.75) is 33.3 Å². The van der Waals surface area contributed by atoms with E-state index in [-0.39, 0.29) is 12.5 Å². The molecule has 1 aromatic carbocycles. The van der Waals surface area contributed by atoms with Gasteiger partial charge in [0.25, 0.3) is 0 Å². The third-order valence-electron chi connectivity index (χ3n) is 3.54. The van der Waals surface area contributed by atoms with Crippen molar-refractivity contribution in [3.8, 4) is 0 Å². The highest BCUT2D eigenvalue weighted by atomic mass is 16.6. The minimum Gasteiger partial charge on any atom is -0.462 e. The van der Waals surface area contributed by atoms with Gasteiger partial charge in [0.05, 0.1) is 12.2 Å². The number of ether oxygens (including phenoxy) is 2. The van der Waals surface area contributed by atoms with E-state index in [9.17, 15) is 14.4 Å². The molecule has 1 N–H and O–H groups in total. The molecule has 0 spiro atoms. The van der Waals surface area contributed by atoms with E-state index in [1.807, 2.05) is 19.0 Å². The summed E-state index contributed by atoms with van der Waals surface area (Å²) in [5.41, 5.74) is 0.407. The first-order chi connectivity index (χ1) is 13.0. The van der Waals surface area contributed by atoms with Gasteiger partial charge in [-0.25, -0.2) is 9.59 Å². The van der Waals surface area contributed by atoms with Crippen molar-refractivity contribution in [3.63, 3.8) is 0 Å². The number of rotatable bonds is 8. The van der Waals surface area contributed by atoms with Crippen molar-refractivity contribution in [1.82, 2.24) is 10.2 Å². The van der Waals surface area contributed by atoms with Crippen LogP contribution >= 0.6 is 0 Å². The van der Waals surface area contributed by atoms with Gasteiger partial charge in [-0.3, -0.25) is 4.79 Å². The van der Waals surface area contributed by atoms with Gasteiger partial charge >= 0.3 is 12.1 Å². The Hall–Kier alpha value is -2.61. The number of amides is 2. The third-order valence-corrected chi connectivity index (χ3v) is 3.54. The molecule has 8 nitrogen and oxygen atoms in total. The molecular weight excluding hydrogens is 362 g/mol. The van der Waals surface area contributed by atoms with Crippen molar-refractivity contribution in [3.05, 3.63) is 29.8 Å². The van der Waals surface area contributed by atoms with Gasteiger partial charge in [-0.1, -0.05) is 0 Å². The van der Waals surface area contributed by atoms with E-state index in [0.29, 0.717) is 30.9 Å². The maximum Gasteiger partial charge on any atom is 0.408 e. The number of anilines is 1. The Morgan fingerprint density at radius 1 is 1.04 bits per heavy atom. The average molecular weight is 393 g/mol. The molecule has 0 fully saturated rings. The van der Waals surface area contributed by atoms with Crippen LogP contribution in [0.1, 0.15) is 38.1 Å². The smallest absolute Gasteiger partial charge is 0.408 e. The first-order valence-corrected chi connectivity index (χ1v) is 9.22. The van der Waals surface area contributed by atoms with Gasteiger partial charge < -0.3 is 24.6 Å². The second kappa shape index (κ2) is 10.7. The number of carbonyl (C=O) groups is 3. The normalized spacial score (nSPS) is 11.1. The van der Waals surface area contributed by atoms with E-state index < -0.39 is 17.7 Å². The standard InChI is InChI=1S/C20H31N3O5/c1-7-27-18(25)15-8-10-16(11-9-15)23(13-12-22(5)6)17(24)14-21-19(26)28-20(2,3)4/h8-11H,7,12-14H2,1-6H3,(H,21,26). The Bertz CT molecular complexity index is 665. The van der Waals surface area contributed by atoms with Gasteiger partial charge in [-0.2, -0.15) is 0 Å². The summed E-state index contributed by atoms with van der Waals surface area (Å²) < 4.78 is 10.1. The molecule has 156 valence electrons. The molecule has 1 aromatic rings. The Balaban J connectivity index is 2.85. The number of alkyl carbamates (subject to hydrolysis) is 1. The van der Waals surface area contributed by atoms with Crippen LogP contribution in [0.2, 0.25) is 0 Å². The second-order valence-corrected chi connectivity index (χ2v) is 7.47. The molecule has 0 unspecified atom stereocenters. The number of benzene rings is 1. The lowest BCUT2D eigenvalue weighted by atomic mass is 10.2. The van der Waals surface area contributed by atoms with E-state index in [4.69, 9.17) is 9.47 Å². The second-order valence-electron chi connectivity index (χ2n) is 7.47. The summed E-state index contributed by atoms with van der Waals surface area (Å²) in [5.74, 6) is -0.691. The quantitative estimate of drug-likeness (QED) is 0.682. The highest BCUT2D eigenvalue weighted by Gasteiger charge is 2.20. The van der Waals surface area contributed by atoms with Crippen molar-refractivity contribution in [2.75, 3.05) is 45.2 Å². The predicted molar refractivity (Wildman–Crippen MR) is 108 cm³/mol. The van der Waals surface area contributed by atoms with Crippen LogP contribution < -0.4 is 10.2 Å². The average Bonchev–Trinajstić information content (AvgIpc) is 2.59. The molecule has 0 heterocycles. The summed E-state index contributed by atoms with van der Waals surface area (Å²) >= 11 is 0. The van der Waals surface area contributed by atoms with Crippen LogP contribution in [0.25, 0.3) is 0 Å². The van der Waals surface area contributed by atoms with E-state index >= 15 is 0 Å². The van der Waals surface area contributed by atoms with Gasteiger partial charge in [0, 0.05) is 18.8 Å². The van der Waals surface area contributed by atoms with Crippen LogP contribution in [0.4, 0.5) is 10.5 Å². The van der Waals surface area contributed by atoms with Gasteiger partial charge in [0.15, 0.2) is 0 Å². The minimum atomic E-state index is -0.647. The van der Waals surface area contributed by atoms with Crippen LogP contribution in [0, 0.1) is 0 Å². The van der Waals surface area contributed by atoms with Crippen LogP contribution in [0.3, 0.4) is 0 Å². The SMILES string of the molecule is CCOC(=O)c1ccc(N(CCN(C)C)C(=O)CNC(=O)OC(C)(C)C)cc1. The highest BCUT2D eigenvalue weighted by Crippen LogP contribution is 2.16. The van der Waals surface area contributed by atoms with E-state index in [0.717, 1.165) is 0 Å². The third kappa shape index (κ3) is 8.39. The number of likely N-dealkylation sites (N-methyl/N-ethyl adjacent to an activating group) is 1. The number of nitrogens with one attached hydrogen (secondary N) is 1. The first-order valence-electron chi connectivity index (χ1n) is 9.22. The molecular formula is C20H31N3O5. The molecule has 0 aliphatic heterocycles. The molecule has 1 rings (SSSR count). The monoisotopic (exact) mass is 393 g/mol. The van der Waals surface area contributed by atoms with Gasteiger partial charge in [0.2, 0.25) is 5.91 Å². The summed E-state index contributed by atoms with van der Waals surface area (Å²) in [4.78, 5) is 39.8. The lowest BCUT2D eigenvalue weighted by Crippen LogP contribution is -2.44. The summed E-state index contributed by atoms with van der Waals surface area (Å²) in [6, 6.07) is 6.61. The highest BCUT2D eigenvalue weighted by molar-refractivity contribution is 5.97. The summed E-state index contributed by atoms with van der Waals surface area (Å²) in [7, 11) is 3.82. The molecule has 28 heavy (non-hydrogen) atoms. The molecule has 0 aliphatic rings. The molecule has 0 saturated heterocycles. The Morgan fingerprint density at radius 3 is 2.14 bits per heavy atom. The topological polar surface area (TPSA) is 88.2 Å². The summed E-state index contributed by atoms with van der Waals surface area (Å²) in [5, 5.41) is 2.48. The van der Waals surface area contributed by atoms with Crippen molar-refractivity contribution in [2.24, 2.45) is 0 Å². The zero-order valence-corrected chi connectivity index (χ0v) is 17.6. The Kier molecular flexibility index (Phi) is 8.91.